The molecule has 2 aromatic carbocycles. The molecule has 4 nitrogen and oxygen atoms in total. The van der Waals surface area contributed by atoms with E-state index >= 15 is 0 Å². The van der Waals surface area contributed by atoms with Crippen molar-refractivity contribution in [1.29, 1.82) is 0 Å². The summed E-state index contributed by atoms with van der Waals surface area (Å²) in [4.78, 5) is 16.0. The predicted octanol–water partition coefficient (Wildman–Crippen LogP) is 9.15. The van der Waals surface area contributed by atoms with Crippen LogP contribution in [0.25, 0.3) is 22.4 Å². The third-order valence-electron chi connectivity index (χ3n) is 7.62. The summed E-state index contributed by atoms with van der Waals surface area (Å²) >= 11 is 8.92. The van der Waals surface area contributed by atoms with E-state index in [9.17, 15) is 19.4 Å². The number of thiophene rings is 1. The molecule has 1 aliphatic rings. The van der Waals surface area contributed by atoms with Crippen molar-refractivity contribution in [1.82, 2.24) is 4.98 Å². The van der Waals surface area contributed by atoms with E-state index in [2.05, 4.69) is 23.2 Å². The molecule has 1 atom stereocenters. The molecule has 0 amide bonds. The molecular weight excluding hydrogens is 577 g/mol. The van der Waals surface area contributed by atoms with Crippen molar-refractivity contribution in [3.63, 3.8) is 0 Å². The van der Waals surface area contributed by atoms with Crippen LogP contribution in [0.2, 0.25) is 5.02 Å². The van der Waals surface area contributed by atoms with Crippen molar-refractivity contribution < 1.29 is 19.4 Å². The topological polar surface area (TPSA) is 70.4 Å². The number of hydrogen-bond donors (Lipinski definition) is 2. The van der Waals surface area contributed by atoms with E-state index in [1.807, 2.05) is 80.2 Å². The number of aromatic nitrogens is 1. The molecule has 2 heterocycles. The second-order valence-corrected chi connectivity index (χ2v) is 14.0. The molecule has 8 heteroatoms. The minimum atomic E-state index is -0.931. The Morgan fingerprint density at radius 1 is 1.17 bits per heavy atom. The van der Waals surface area contributed by atoms with Gasteiger partial charge in [0.2, 0.25) is 0 Å². The van der Waals surface area contributed by atoms with Crippen LogP contribution in [0.5, 0.6) is 0 Å². The molecule has 1 fully saturated rings. The monoisotopic (exact) mass is 609 g/mol. The van der Waals surface area contributed by atoms with Crippen LogP contribution in [0.3, 0.4) is 0 Å². The summed E-state index contributed by atoms with van der Waals surface area (Å²) in [5.41, 5.74) is 4.38. The summed E-state index contributed by atoms with van der Waals surface area (Å²) in [6, 6.07) is 20.1. The number of fused-ring (bicyclic) bond motifs is 1. The van der Waals surface area contributed by atoms with E-state index in [1.165, 1.54) is 5.56 Å². The Labute approximate surface area is 253 Å². The SMILES string of the molecule is CC(C)(O)c1ccccc1CCC(SCC1(CC(=O)O)CC1)c1cccc(/C=C/c2ccc3sc(F)c(Cl)c3n2)c1. The molecule has 1 aliphatic carbocycles. The van der Waals surface area contributed by atoms with Crippen LogP contribution in [-0.4, -0.2) is 26.9 Å². The van der Waals surface area contributed by atoms with Crippen LogP contribution < -0.4 is 0 Å². The van der Waals surface area contributed by atoms with Gasteiger partial charge in [0.1, 0.15) is 10.5 Å². The lowest BCUT2D eigenvalue weighted by molar-refractivity contribution is -0.138. The van der Waals surface area contributed by atoms with E-state index in [4.69, 9.17) is 11.6 Å². The lowest BCUT2D eigenvalue weighted by Gasteiger charge is -2.24. The van der Waals surface area contributed by atoms with Gasteiger partial charge in [-0.25, -0.2) is 4.98 Å². The fraction of sp³-hybridized carbons (Fsp3) is 0.333. The van der Waals surface area contributed by atoms with Gasteiger partial charge < -0.3 is 10.2 Å². The molecule has 0 radical (unpaired) electrons. The van der Waals surface area contributed by atoms with Gasteiger partial charge in [0, 0.05) is 11.0 Å². The number of thioether (sulfide) groups is 1. The number of carboxylic acids is 1. The maximum Gasteiger partial charge on any atom is 0.303 e. The summed E-state index contributed by atoms with van der Waals surface area (Å²) < 4.78 is 14.6. The number of carbonyl (C=O) groups is 1. The average Bonchev–Trinajstić information content (AvgIpc) is 3.63. The number of aryl methyl sites for hydroxylation is 1. The first-order chi connectivity index (χ1) is 19.5. The fourth-order valence-electron chi connectivity index (χ4n) is 5.19. The van der Waals surface area contributed by atoms with Crippen molar-refractivity contribution in [2.24, 2.45) is 5.41 Å². The third-order valence-corrected chi connectivity index (χ3v) is 10.7. The summed E-state index contributed by atoms with van der Waals surface area (Å²) in [6.45, 7) is 3.62. The number of aliphatic hydroxyl groups is 1. The number of pyridine rings is 1. The Bertz CT molecular complexity index is 1590. The first-order valence-electron chi connectivity index (χ1n) is 13.7. The molecule has 1 saturated carbocycles. The van der Waals surface area contributed by atoms with E-state index in [-0.39, 0.29) is 22.1 Å². The third kappa shape index (κ3) is 7.39. The Morgan fingerprint density at radius 3 is 2.68 bits per heavy atom. The van der Waals surface area contributed by atoms with Crippen molar-refractivity contribution in [2.45, 2.75) is 56.8 Å². The zero-order valence-corrected chi connectivity index (χ0v) is 25.5. The highest BCUT2D eigenvalue weighted by Crippen LogP contribution is 2.53. The van der Waals surface area contributed by atoms with Gasteiger partial charge in [0.15, 0.2) is 5.13 Å². The minimum Gasteiger partial charge on any atom is -0.481 e. The molecule has 0 saturated heterocycles. The number of hydrogen-bond acceptors (Lipinski definition) is 5. The quantitative estimate of drug-likeness (QED) is 0.168. The van der Waals surface area contributed by atoms with Gasteiger partial charge in [0.25, 0.3) is 0 Å². The summed E-state index contributed by atoms with van der Waals surface area (Å²) in [5.74, 6) is 0.0724. The van der Waals surface area contributed by atoms with Gasteiger partial charge in [-0.1, -0.05) is 66.2 Å². The first kappa shape index (κ1) is 29.8. The molecule has 0 bridgehead atoms. The zero-order valence-electron chi connectivity index (χ0n) is 23.1. The summed E-state index contributed by atoms with van der Waals surface area (Å²) in [5, 5.41) is 19.9. The number of benzene rings is 2. The fourth-order valence-corrected chi connectivity index (χ4v) is 7.83. The number of nitrogens with zero attached hydrogens (tertiary/aromatic N) is 1. The van der Waals surface area contributed by atoms with Crippen LogP contribution in [-0.2, 0) is 16.8 Å². The Kier molecular flexibility index (Phi) is 8.90. The second-order valence-electron chi connectivity index (χ2n) is 11.4. The number of carboxylic acid groups (broad SMARTS) is 1. The predicted molar refractivity (Wildman–Crippen MR) is 169 cm³/mol. The molecule has 2 N–H and O–H groups in total. The van der Waals surface area contributed by atoms with Crippen LogP contribution in [0.15, 0.2) is 60.7 Å². The van der Waals surface area contributed by atoms with E-state index in [0.29, 0.717) is 15.9 Å². The lowest BCUT2D eigenvalue weighted by atomic mass is 9.90. The minimum absolute atomic E-state index is 0.0598. The van der Waals surface area contributed by atoms with E-state index in [1.54, 1.807) is 0 Å². The lowest BCUT2D eigenvalue weighted by Crippen LogP contribution is -2.18. The average molecular weight is 610 g/mol. The van der Waals surface area contributed by atoms with Crippen LogP contribution >= 0.6 is 34.7 Å². The summed E-state index contributed by atoms with van der Waals surface area (Å²) in [6.07, 6.45) is 7.68. The largest absolute Gasteiger partial charge is 0.481 e. The number of halogens is 2. The molecule has 1 unspecified atom stereocenters. The molecule has 0 aliphatic heterocycles. The van der Waals surface area contributed by atoms with E-state index in [0.717, 1.165) is 59.5 Å². The van der Waals surface area contributed by atoms with Gasteiger partial charge in [-0.05, 0) is 85.4 Å². The number of rotatable bonds is 12. The van der Waals surface area contributed by atoms with Crippen LogP contribution in [0.4, 0.5) is 4.39 Å². The van der Waals surface area contributed by atoms with Gasteiger partial charge in [-0.3, -0.25) is 4.79 Å². The van der Waals surface area contributed by atoms with Crippen molar-refractivity contribution >= 4 is 63.0 Å². The molecule has 2 aromatic heterocycles. The maximum atomic E-state index is 13.9. The smallest absolute Gasteiger partial charge is 0.303 e. The summed E-state index contributed by atoms with van der Waals surface area (Å²) in [7, 11) is 0. The Morgan fingerprint density at radius 2 is 1.95 bits per heavy atom. The van der Waals surface area contributed by atoms with Gasteiger partial charge in [0.05, 0.1) is 22.4 Å². The van der Waals surface area contributed by atoms with Crippen LogP contribution in [0, 0.1) is 10.5 Å². The molecule has 214 valence electrons. The molecule has 5 rings (SSSR count). The standard InChI is InChI=1S/C33H33ClFNO3S2/c1-32(2,39)25-9-4-3-7-22(25)11-14-26(40-20-33(16-17-33)19-28(37)38)23-8-5-6-21(18-23)10-12-24-13-15-27-30(36-24)29(34)31(35)41-27/h3-10,12-13,15,18,26,39H,11,14,16-17,19-20H2,1-2H3,(H,37,38)/b12-10+. The highest BCUT2D eigenvalue weighted by atomic mass is 35.5. The molecule has 0 spiro atoms. The zero-order chi connectivity index (χ0) is 29.2. The van der Waals surface area contributed by atoms with Crippen molar-refractivity contribution in [2.75, 3.05) is 5.75 Å². The maximum absolute atomic E-state index is 13.9. The molecule has 41 heavy (non-hydrogen) atoms. The van der Waals surface area contributed by atoms with Crippen LogP contribution in [0.1, 0.15) is 72.7 Å². The van der Waals surface area contributed by atoms with Gasteiger partial charge in [-0.2, -0.15) is 16.2 Å². The first-order valence-corrected chi connectivity index (χ1v) is 15.9. The Hall–Kier alpha value is -2.71. The van der Waals surface area contributed by atoms with Gasteiger partial charge in [-0.15, -0.1) is 11.3 Å². The number of aliphatic carboxylic acids is 1. The van der Waals surface area contributed by atoms with Gasteiger partial charge >= 0.3 is 5.97 Å². The molecule has 4 aromatic rings. The second kappa shape index (κ2) is 12.3. The van der Waals surface area contributed by atoms with E-state index < -0.39 is 16.7 Å². The highest BCUT2D eigenvalue weighted by molar-refractivity contribution is 7.99. The van der Waals surface area contributed by atoms with Crippen molar-refractivity contribution in [3.8, 4) is 0 Å². The highest BCUT2D eigenvalue weighted by Gasteiger charge is 2.44. The Balaban J connectivity index is 1.38. The van der Waals surface area contributed by atoms with Crippen molar-refractivity contribution in [3.05, 3.63) is 98.8 Å². The normalized spacial score (nSPS) is 15.4. The molecular formula is C33H33ClFNO3S2.